The largest absolute Gasteiger partial charge is 0.480 e. The Hall–Kier alpha value is -2.76. The summed E-state index contributed by atoms with van der Waals surface area (Å²) in [6.45, 7) is 0. The molecule has 4 nitrogen and oxygen atoms in total. The van der Waals surface area contributed by atoms with Crippen LogP contribution in [0.3, 0.4) is 0 Å². The number of carboxylic acid groups (broad SMARTS) is 1. The van der Waals surface area contributed by atoms with Crippen LogP contribution in [-0.4, -0.2) is 23.0 Å². The maximum absolute atomic E-state index is 13.1. The van der Waals surface area contributed by atoms with Crippen molar-refractivity contribution in [3.8, 4) is 0 Å². The highest BCUT2D eigenvalue weighted by molar-refractivity contribution is 5.96. The van der Waals surface area contributed by atoms with E-state index in [-0.39, 0.29) is 12.0 Å². The molecule has 114 valence electrons. The normalized spacial score (nSPS) is 11.7. The van der Waals surface area contributed by atoms with E-state index in [0.717, 1.165) is 6.07 Å². The lowest BCUT2D eigenvalue weighted by molar-refractivity contribution is -0.139. The lowest BCUT2D eigenvalue weighted by atomic mass is 10.1. The van der Waals surface area contributed by atoms with Gasteiger partial charge in [-0.1, -0.05) is 18.2 Å². The Kier molecular flexibility index (Phi) is 4.83. The first-order valence-corrected chi connectivity index (χ1v) is 6.49. The molecular weight excluding hydrogens is 292 g/mol. The van der Waals surface area contributed by atoms with E-state index in [9.17, 15) is 23.5 Å². The molecule has 0 aliphatic rings. The van der Waals surface area contributed by atoms with Crippen molar-refractivity contribution < 1.29 is 23.5 Å². The molecule has 6 heteroatoms. The van der Waals surface area contributed by atoms with Crippen LogP contribution in [0, 0.1) is 11.6 Å². The smallest absolute Gasteiger partial charge is 0.326 e. The van der Waals surface area contributed by atoms with Crippen molar-refractivity contribution in [1.82, 2.24) is 5.32 Å². The van der Waals surface area contributed by atoms with E-state index in [0.29, 0.717) is 5.56 Å². The van der Waals surface area contributed by atoms with E-state index in [2.05, 4.69) is 5.32 Å². The molecule has 0 saturated carbocycles. The van der Waals surface area contributed by atoms with Crippen LogP contribution >= 0.6 is 0 Å². The Bertz CT molecular complexity index is 686. The number of nitrogens with one attached hydrogen (secondary N) is 1. The lowest BCUT2D eigenvalue weighted by Crippen LogP contribution is -2.42. The van der Waals surface area contributed by atoms with Crippen LogP contribution in [0.1, 0.15) is 15.9 Å². The van der Waals surface area contributed by atoms with Crippen molar-refractivity contribution in [2.24, 2.45) is 0 Å². The van der Waals surface area contributed by atoms with Crippen molar-refractivity contribution >= 4 is 11.9 Å². The first kappa shape index (κ1) is 15.6. The molecular formula is C16H13F2NO3. The molecule has 2 N–H and O–H groups in total. The number of halogens is 2. The van der Waals surface area contributed by atoms with Gasteiger partial charge in [0, 0.05) is 12.0 Å². The van der Waals surface area contributed by atoms with Gasteiger partial charge in [-0.05, 0) is 35.9 Å². The lowest BCUT2D eigenvalue weighted by Gasteiger charge is -2.14. The van der Waals surface area contributed by atoms with E-state index in [1.807, 2.05) is 0 Å². The number of carbonyl (C=O) groups excluding carboxylic acids is 1. The van der Waals surface area contributed by atoms with Crippen molar-refractivity contribution in [3.63, 3.8) is 0 Å². The molecule has 0 fully saturated rings. The van der Waals surface area contributed by atoms with Gasteiger partial charge in [-0.2, -0.15) is 0 Å². The molecule has 2 aromatic carbocycles. The van der Waals surface area contributed by atoms with Crippen LogP contribution in [0.4, 0.5) is 8.78 Å². The number of carboxylic acids is 1. The Balaban J connectivity index is 2.10. The molecule has 0 aliphatic carbocycles. The minimum absolute atomic E-state index is 0.00330. The summed E-state index contributed by atoms with van der Waals surface area (Å²) in [7, 11) is 0. The third-order valence-corrected chi connectivity index (χ3v) is 3.04. The van der Waals surface area contributed by atoms with Gasteiger partial charge >= 0.3 is 5.97 Å². The highest BCUT2D eigenvalue weighted by Gasteiger charge is 2.21. The number of carbonyl (C=O) groups is 2. The van der Waals surface area contributed by atoms with Gasteiger partial charge in [0.1, 0.15) is 17.7 Å². The van der Waals surface area contributed by atoms with Gasteiger partial charge in [0.15, 0.2) is 0 Å². The van der Waals surface area contributed by atoms with E-state index in [1.54, 1.807) is 0 Å². The van der Waals surface area contributed by atoms with E-state index >= 15 is 0 Å². The number of hydrogen-bond acceptors (Lipinski definition) is 2. The number of amides is 1. The van der Waals surface area contributed by atoms with Gasteiger partial charge in [0.2, 0.25) is 0 Å². The van der Waals surface area contributed by atoms with Crippen LogP contribution < -0.4 is 5.32 Å². The van der Waals surface area contributed by atoms with Gasteiger partial charge in [-0.25, -0.2) is 13.6 Å². The molecule has 0 spiro atoms. The van der Waals surface area contributed by atoms with E-state index in [1.165, 1.54) is 42.5 Å². The molecule has 2 aromatic rings. The average Bonchev–Trinajstić information content (AvgIpc) is 2.48. The summed E-state index contributed by atoms with van der Waals surface area (Å²) in [5, 5.41) is 11.5. The number of hydrogen-bond donors (Lipinski definition) is 2. The van der Waals surface area contributed by atoms with E-state index in [4.69, 9.17) is 0 Å². The fraction of sp³-hybridized carbons (Fsp3) is 0.125. The zero-order chi connectivity index (χ0) is 16.1. The monoisotopic (exact) mass is 305 g/mol. The Morgan fingerprint density at radius 3 is 2.32 bits per heavy atom. The van der Waals surface area contributed by atoms with Gasteiger partial charge in [0.25, 0.3) is 5.91 Å². The predicted octanol–water partition coefficient (Wildman–Crippen LogP) is 2.39. The number of rotatable bonds is 5. The molecule has 1 amide bonds. The standard InChI is InChI=1S/C16H13F2NO3/c17-12-6-4-10(5-7-12)8-14(16(21)22)19-15(20)11-2-1-3-13(18)9-11/h1-7,9,14H,8H2,(H,19,20)(H,21,22)/t14-/m0/s1. The first-order valence-electron chi connectivity index (χ1n) is 6.49. The summed E-state index contributed by atoms with van der Waals surface area (Å²) in [6.07, 6.45) is -0.00330. The molecule has 0 unspecified atom stereocenters. The van der Waals surface area contributed by atoms with Crippen LogP contribution in [0.25, 0.3) is 0 Å². The molecule has 0 aromatic heterocycles. The van der Waals surface area contributed by atoms with Crippen LogP contribution in [0.5, 0.6) is 0 Å². The highest BCUT2D eigenvalue weighted by atomic mass is 19.1. The average molecular weight is 305 g/mol. The molecule has 22 heavy (non-hydrogen) atoms. The van der Waals surface area contributed by atoms with Gasteiger partial charge in [0.05, 0.1) is 0 Å². The van der Waals surface area contributed by atoms with Crippen LogP contribution in [0.2, 0.25) is 0 Å². The van der Waals surface area contributed by atoms with Crippen molar-refractivity contribution in [1.29, 1.82) is 0 Å². The topological polar surface area (TPSA) is 66.4 Å². The Labute approximate surface area is 125 Å². The molecule has 0 bridgehead atoms. The van der Waals surface area contributed by atoms with Crippen LogP contribution in [-0.2, 0) is 11.2 Å². The second-order valence-electron chi connectivity index (χ2n) is 4.71. The second-order valence-corrected chi connectivity index (χ2v) is 4.71. The summed E-state index contributed by atoms with van der Waals surface area (Å²) < 4.78 is 25.9. The van der Waals surface area contributed by atoms with E-state index < -0.39 is 29.6 Å². The summed E-state index contributed by atoms with van der Waals surface area (Å²) in [5.41, 5.74) is 0.596. The van der Waals surface area contributed by atoms with Crippen molar-refractivity contribution in [2.45, 2.75) is 12.5 Å². The fourth-order valence-corrected chi connectivity index (χ4v) is 1.93. The Morgan fingerprint density at radius 1 is 1.05 bits per heavy atom. The third-order valence-electron chi connectivity index (χ3n) is 3.04. The first-order chi connectivity index (χ1) is 10.5. The summed E-state index contributed by atoms with van der Waals surface area (Å²) >= 11 is 0. The molecule has 0 aliphatic heterocycles. The summed E-state index contributed by atoms with van der Waals surface area (Å²) in [4.78, 5) is 23.2. The molecule has 1 atom stereocenters. The zero-order valence-corrected chi connectivity index (χ0v) is 11.4. The summed E-state index contributed by atoms with van der Waals surface area (Å²) in [6, 6.07) is 9.07. The molecule has 0 saturated heterocycles. The quantitative estimate of drug-likeness (QED) is 0.891. The van der Waals surface area contributed by atoms with Gasteiger partial charge < -0.3 is 10.4 Å². The molecule has 0 radical (unpaired) electrons. The Morgan fingerprint density at radius 2 is 1.73 bits per heavy atom. The second kappa shape index (κ2) is 6.80. The number of benzene rings is 2. The predicted molar refractivity (Wildman–Crippen MR) is 75.4 cm³/mol. The zero-order valence-electron chi connectivity index (χ0n) is 11.4. The maximum atomic E-state index is 13.1. The highest BCUT2D eigenvalue weighted by Crippen LogP contribution is 2.08. The minimum Gasteiger partial charge on any atom is -0.480 e. The van der Waals surface area contributed by atoms with Crippen LogP contribution in [0.15, 0.2) is 48.5 Å². The minimum atomic E-state index is -1.23. The van der Waals surface area contributed by atoms with Crippen molar-refractivity contribution in [2.75, 3.05) is 0 Å². The summed E-state index contributed by atoms with van der Waals surface area (Å²) in [5.74, 6) is -2.93. The van der Waals surface area contributed by atoms with Gasteiger partial charge in [-0.3, -0.25) is 4.79 Å². The number of aliphatic carboxylic acids is 1. The molecule has 2 rings (SSSR count). The van der Waals surface area contributed by atoms with Crippen molar-refractivity contribution in [3.05, 3.63) is 71.3 Å². The van der Waals surface area contributed by atoms with Gasteiger partial charge in [-0.15, -0.1) is 0 Å². The maximum Gasteiger partial charge on any atom is 0.326 e. The third kappa shape index (κ3) is 4.12. The molecule has 0 heterocycles. The fourth-order valence-electron chi connectivity index (χ4n) is 1.93. The SMILES string of the molecule is O=C(N[C@@H](Cc1ccc(F)cc1)C(=O)O)c1cccc(F)c1.